The normalized spacial score (nSPS) is 15.6. The minimum atomic E-state index is -0.340. The first-order chi connectivity index (χ1) is 16.6. The summed E-state index contributed by atoms with van der Waals surface area (Å²) in [4.78, 5) is 13.5. The second kappa shape index (κ2) is 9.62. The number of hydrogen-bond donors (Lipinski definition) is 0. The molecule has 0 spiro atoms. The molecule has 34 heavy (non-hydrogen) atoms. The van der Waals surface area contributed by atoms with E-state index >= 15 is 0 Å². The van der Waals surface area contributed by atoms with Gasteiger partial charge in [-0.15, -0.1) is 15.0 Å². The first kappa shape index (κ1) is 22.7. The molecule has 2 heterocycles. The van der Waals surface area contributed by atoms with Gasteiger partial charge in [0, 0.05) is 11.0 Å². The fourth-order valence-corrected chi connectivity index (χ4v) is 6.20. The van der Waals surface area contributed by atoms with Gasteiger partial charge in [-0.3, -0.25) is 0 Å². The van der Waals surface area contributed by atoms with E-state index in [0.717, 1.165) is 15.3 Å². The topological polar surface area (TPSA) is 87.6 Å². The van der Waals surface area contributed by atoms with Crippen molar-refractivity contribution < 1.29 is 9.64 Å². The van der Waals surface area contributed by atoms with Crippen LogP contribution in [0.4, 0.5) is 0 Å². The third-order valence-electron chi connectivity index (χ3n) is 7.01. The molecule has 2 aromatic heterocycles. The summed E-state index contributed by atoms with van der Waals surface area (Å²) in [5.74, 6) is -0.340. The molecule has 0 unspecified atom stereocenters. The number of para-hydroxylation sites is 2. The van der Waals surface area contributed by atoms with Crippen LogP contribution in [0.15, 0.2) is 48.5 Å². The molecule has 8 heteroatoms. The maximum absolute atomic E-state index is 13.0. The van der Waals surface area contributed by atoms with Crippen molar-refractivity contribution >= 4 is 28.3 Å². The number of hydrogen-bond acceptors (Lipinski definition) is 6. The maximum Gasteiger partial charge on any atom is 0.366 e. The predicted octanol–water partition coefficient (Wildman–Crippen LogP) is 5.66. The van der Waals surface area contributed by atoms with Gasteiger partial charge in [0.25, 0.3) is 0 Å². The van der Waals surface area contributed by atoms with E-state index in [0.29, 0.717) is 21.4 Å². The molecule has 0 saturated heterocycles. The summed E-state index contributed by atoms with van der Waals surface area (Å²) in [6.07, 6.45) is 11.2. The highest BCUT2D eigenvalue weighted by atomic mass is 32.1. The van der Waals surface area contributed by atoms with Gasteiger partial charge >= 0.3 is 5.91 Å². The molecular weight excluding hydrogens is 446 g/mol. The molecule has 0 N–H and O–H groups in total. The number of nitrogens with zero attached hydrogens (tertiary/aromatic N) is 5. The molecule has 0 aliphatic heterocycles. The minimum absolute atomic E-state index is 0.175. The lowest BCUT2D eigenvalue weighted by Gasteiger charge is -2.35. The van der Waals surface area contributed by atoms with Crippen LogP contribution in [0.5, 0.6) is 0 Å². The van der Waals surface area contributed by atoms with Crippen molar-refractivity contribution in [3.05, 3.63) is 64.3 Å². The molecule has 1 fully saturated rings. The number of unbranched alkanes of at least 4 members (excludes halogenated alkanes) is 2. The van der Waals surface area contributed by atoms with Gasteiger partial charge in [0.1, 0.15) is 15.2 Å². The molecule has 0 bridgehead atoms. The Hall–Kier alpha value is -3.13. The summed E-state index contributed by atoms with van der Waals surface area (Å²) >= 11 is 1.70. The molecule has 2 aromatic carbocycles. The smallest absolute Gasteiger partial charge is 0.366 e. The zero-order valence-corrected chi connectivity index (χ0v) is 20.3. The Morgan fingerprint density at radius 3 is 2.59 bits per heavy atom. The average molecular weight is 476 g/mol. The van der Waals surface area contributed by atoms with Crippen LogP contribution in [0.2, 0.25) is 0 Å². The Morgan fingerprint density at radius 1 is 1.06 bits per heavy atom. The van der Waals surface area contributed by atoms with Crippen molar-refractivity contribution in [2.75, 3.05) is 0 Å². The van der Waals surface area contributed by atoms with Crippen LogP contribution in [0.1, 0.15) is 80.1 Å². The quantitative estimate of drug-likeness (QED) is 0.196. The lowest BCUT2D eigenvalue weighted by Crippen LogP contribution is -2.31. The first-order valence-electron chi connectivity index (χ1n) is 12.2. The Labute approximate surface area is 203 Å². The van der Waals surface area contributed by atoms with Gasteiger partial charge in [0.05, 0.1) is 5.56 Å². The number of rotatable bonds is 7. The van der Waals surface area contributed by atoms with Gasteiger partial charge in [-0.1, -0.05) is 85.7 Å². The Balaban J connectivity index is 1.38. The van der Waals surface area contributed by atoms with Crippen LogP contribution in [-0.2, 0) is 5.41 Å². The van der Waals surface area contributed by atoms with Crippen LogP contribution < -0.4 is 4.85 Å². The van der Waals surface area contributed by atoms with Gasteiger partial charge in [-0.2, -0.15) is 0 Å². The fraction of sp³-hybridized carbons (Fsp3) is 0.423. The fourth-order valence-electron chi connectivity index (χ4n) is 5.08. The number of fused-ring (bicyclic) bond motifs is 1. The number of carbonyl (C=O) groups excluding carboxylic acids is 1. The molecule has 0 atom stereocenters. The standard InChI is InChI=1S/C26H29N5O2S/c1-2-3-7-16-26(17-8-4-9-18-26)25-28-27-23(34-25)19-12-14-20(15-13-19)24(32)30-21-10-5-6-11-22(21)31(33)29-30/h5-6,10-15H,2-4,7-9,16-18H2,1H3. The van der Waals surface area contributed by atoms with Crippen molar-refractivity contribution in [3.8, 4) is 10.6 Å². The maximum atomic E-state index is 13.0. The van der Waals surface area contributed by atoms with Crippen molar-refractivity contribution in [3.63, 3.8) is 0 Å². The van der Waals surface area contributed by atoms with E-state index in [4.69, 9.17) is 0 Å². The van der Waals surface area contributed by atoms with Crippen LogP contribution in [0.25, 0.3) is 21.6 Å². The molecule has 1 aliphatic carbocycles. The predicted molar refractivity (Wildman–Crippen MR) is 133 cm³/mol. The summed E-state index contributed by atoms with van der Waals surface area (Å²) in [6.45, 7) is 2.25. The molecule has 7 nitrogen and oxygen atoms in total. The summed E-state index contributed by atoms with van der Waals surface area (Å²) in [7, 11) is 0. The van der Waals surface area contributed by atoms with E-state index in [1.807, 2.05) is 12.1 Å². The SMILES string of the molecule is CCCCCC1(c2nnc(-c3ccc(C(=O)n4n[n+]([O-])c5ccccc54)cc3)s2)CCCCC1. The number of carbonyl (C=O) groups is 1. The number of aromatic nitrogens is 5. The molecule has 0 radical (unpaired) electrons. The van der Waals surface area contributed by atoms with Crippen LogP contribution in [-0.4, -0.2) is 26.0 Å². The Bertz CT molecular complexity index is 1290. The zero-order chi connectivity index (χ0) is 23.5. The third kappa shape index (κ3) is 4.22. The minimum Gasteiger partial charge on any atom is -0.691 e. The Morgan fingerprint density at radius 2 is 1.82 bits per heavy atom. The molecule has 176 valence electrons. The van der Waals surface area contributed by atoms with E-state index in [1.54, 1.807) is 47.7 Å². The van der Waals surface area contributed by atoms with Gasteiger partial charge < -0.3 is 5.21 Å². The molecule has 4 aromatic rings. The van der Waals surface area contributed by atoms with Crippen LogP contribution in [0.3, 0.4) is 0 Å². The van der Waals surface area contributed by atoms with Gasteiger partial charge in [-0.05, 0) is 43.5 Å². The largest absolute Gasteiger partial charge is 0.691 e. The van der Waals surface area contributed by atoms with Gasteiger partial charge in [0.15, 0.2) is 0 Å². The van der Waals surface area contributed by atoms with Crippen molar-refractivity contribution in [2.24, 2.45) is 0 Å². The molecule has 1 aliphatic rings. The summed E-state index contributed by atoms with van der Waals surface area (Å²) in [6, 6.07) is 14.2. The van der Waals surface area contributed by atoms with E-state index < -0.39 is 0 Å². The van der Waals surface area contributed by atoms with Crippen molar-refractivity contribution in [2.45, 2.75) is 70.1 Å². The molecule has 0 amide bonds. The average Bonchev–Trinajstić information content (AvgIpc) is 3.51. The highest BCUT2D eigenvalue weighted by Gasteiger charge is 2.36. The zero-order valence-electron chi connectivity index (χ0n) is 19.4. The van der Waals surface area contributed by atoms with Gasteiger partial charge in [-0.25, -0.2) is 4.79 Å². The second-order valence-electron chi connectivity index (χ2n) is 9.26. The van der Waals surface area contributed by atoms with Gasteiger partial charge in [0.2, 0.25) is 11.0 Å². The molecular formula is C26H29N5O2S. The highest BCUT2D eigenvalue weighted by Crippen LogP contribution is 2.45. The molecule has 1 saturated carbocycles. The number of benzene rings is 2. The summed E-state index contributed by atoms with van der Waals surface area (Å²) < 4.78 is 1.16. The highest BCUT2D eigenvalue weighted by molar-refractivity contribution is 7.14. The third-order valence-corrected chi connectivity index (χ3v) is 8.22. The van der Waals surface area contributed by atoms with E-state index in [2.05, 4.69) is 22.3 Å². The lowest BCUT2D eigenvalue weighted by molar-refractivity contribution is -0.645. The lowest BCUT2D eigenvalue weighted by atomic mass is 9.71. The second-order valence-corrected chi connectivity index (χ2v) is 10.2. The van der Waals surface area contributed by atoms with E-state index in [9.17, 15) is 10.0 Å². The Kier molecular flexibility index (Phi) is 6.41. The van der Waals surface area contributed by atoms with Crippen molar-refractivity contribution in [1.29, 1.82) is 0 Å². The monoisotopic (exact) mass is 475 g/mol. The van der Waals surface area contributed by atoms with Crippen LogP contribution in [0, 0.1) is 5.21 Å². The summed E-state index contributed by atoms with van der Waals surface area (Å²) in [5.41, 5.74) is 2.44. The van der Waals surface area contributed by atoms with Crippen molar-refractivity contribution in [1.82, 2.24) is 20.1 Å². The first-order valence-corrected chi connectivity index (χ1v) is 13.0. The van der Waals surface area contributed by atoms with Crippen LogP contribution >= 0.6 is 11.3 Å². The molecule has 5 rings (SSSR count). The van der Waals surface area contributed by atoms with E-state index in [-0.39, 0.29) is 11.3 Å². The van der Waals surface area contributed by atoms with E-state index in [1.165, 1.54) is 62.8 Å². The summed E-state index contributed by atoms with van der Waals surface area (Å²) in [5, 5.41) is 27.1.